The monoisotopic (exact) mass is 326 g/mol. The van der Waals surface area contributed by atoms with Gasteiger partial charge in [-0.25, -0.2) is 8.42 Å². The number of unbranched alkanes of at least 4 members (excludes halogenated alkanes) is 3. The highest BCUT2D eigenvalue weighted by atomic mass is 32.2. The minimum absolute atomic E-state index is 0.136. The van der Waals surface area contributed by atoms with Crippen LogP contribution in [0, 0.1) is 11.8 Å². The van der Waals surface area contributed by atoms with E-state index >= 15 is 0 Å². The Morgan fingerprint density at radius 1 is 0.700 bits per heavy atom. The van der Waals surface area contributed by atoms with Gasteiger partial charge in [-0.05, 0) is 24.7 Å². The van der Waals surface area contributed by atoms with Crippen molar-refractivity contribution < 1.29 is 17.5 Å². The van der Waals surface area contributed by atoms with Crippen molar-refractivity contribution in [3.05, 3.63) is 0 Å². The van der Waals surface area contributed by atoms with Crippen molar-refractivity contribution in [2.75, 3.05) is 0 Å². The molecule has 0 heterocycles. The lowest BCUT2D eigenvalue weighted by Gasteiger charge is -2.17. The van der Waals surface area contributed by atoms with E-state index < -0.39 is 22.2 Å². The van der Waals surface area contributed by atoms with E-state index in [9.17, 15) is 17.5 Å². The summed E-state index contributed by atoms with van der Waals surface area (Å²) in [5.41, 5.74) is 0. The van der Waals surface area contributed by atoms with Crippen LogP contribution in [0.15, 0.2) is 0 Å². The van der Waals surface area contributed by atoms with Gasteiger partial charge in [0.25, 0.3) is 0 Å². The molecular formula is C14H30O4S2. The van der Waals surface area contributed by atoms with Crippen molar-refractivity contribution in [1.82, 2.24) is 0 Å². The molecule has 4 nitrogen and oxygen atoms in total. The van der Waals surface area contributed by atoms with Gasteiger partial charge in [0.2, 0.25) is 0 Å². The molecule has 0 aromatic carbocycles. The van der Waals surface area contributed by atoms with Crippen LogP contribution >= 0.6 is 0 Å². The Balaban J connectivity index is 3.81. The van der Waals surface area contributed by atoms with Gasteiger partial charge < -0.3 is 9.11 Å². The van der Waals surface area contributed by atoms with Gasteiger partial charge in [0.05, 0.1) is 10.5 Å². The van der Waals surface area contributed by atoms with Gasteiger partial charge in [-0.3, -0.25) is 0 Å². The molecule has 4 atom stereocenters. The third-order valence-corrected chi connectivity index (χ3v) is 6.33. The average Bonchev–Trinajstić information content (AvgIpc) is 2.30. The van der Waals surface area contributed by atoms with Gasteiger partial charge in [0, 0.05) is 0 Å². The normalized spacial score (nSPS) is 18.2. The van der Waals surface area contributed by atoms with Crippen LogP contribution in [0.1, 0.15) is 66.2 Å². The molecule has 0 rings (SSSR count). The summed E-state index contributed by atoms with van der Waals surface area (Å²) in [6.45, 7) is 7.90. The van der Waals surface area contributed by atoms with E-state index in [4.69, 9.17) is 0 Å². The second kappa shape index (κ2) is 10.9. The Morgan fingerprint density at radius 2 is 1.00 bits per heavy atom. The third kappa shape index (κ3) is 8.49. The molecule has 122 valence electrons. The largest absolute Gasteiger partial charge is 0.306 e. The third-order valence-electron chi connectivity index (χ3n) is 3.73. The predicted molar refractivity (Wildman–Crippen MR) is 86.5 cm³/mol. The molecule has 20 heavy (non-hydrogen) atoms. The van der Waals surface area contributed by atoms with Gasteiger partial charge in [-0.15, -0.1) is 0 Å². The minimum Gasteiger partial charge on any atom is -0.306 e. The molecule has 0 radical (unpaired) electrons. The summed E-state index contributed by atoms with van der Waals surface area (Å²) in [6, 6.07) is 0. The number of hydrogen-bond donors (Lipinski definition) is 2. The van der Waals surface area contributed by atoms with Crippen LogP contribution in [0.2, 0.25) is 0 Å². The highest BCUT2D eigenvalue weighted by molar-refractivity contribution is 7.80. The lowest BCUT2D eigenvalue weighted by Crippen LogP contribution is -2.21. The predicted octanol–water partition coefficient (Wildman–Crippen LogP) is 3.82. The molecule has 0 amide bonds. The molecule has 0 saturated carbocycles. The molecule has 2 N–H and O–H groups in total. The minimum atomic E-state index is -1.73. The Bertz CT molecular complexity index is 276. The van der Waals surface area contributed by atoms with Crippen molar-refractivity contribution in [1.29, 1.82) is 0 Å². The average molecular weight is 327 g/mol. The lowest BCUT2D eigenvalue weighted by atomic mass is 10.0. The molecule has 0 aliphatic heterocycles. The maximum absolute atomic E-state index is 11.1. The molecular weight excluding hydrogens is 296 g/mol. The van der Waals surface area contributed by atoms with E-state index in [1.165, 1.54) is 0 Å². The molecule has 0 aromatic rings. The van der Waals surface area contributed by atoms with Gasteiger partial charge in [-0.1, -0.05) is 53.4 Å². The van der Waals surface area contributed by atoms with Crippen LogP contribution in [0.25, 0.3) is 0 Å². The van der Waals surface area contributed by atoms with Gasteiger partial charge >= 0.3 is 0 Å². The quantitative estimate of drug-likeness (QED) is 0.447. The Hall–Kier alpha value is 0.220. The summed E-state index contributed by atoms with van der Waals surface area (Å²) < 4.78 is 40.7. The zero-order chi connectivity index (χ0) is 15.7. The van der Waals surface area contributed by atoms with E-state index in [1.54, 1.807) is 0 Å². The molecule has 0 fully saturated rings. The molecule has 0 aromatic heterocycles. The first-order valence-corrected chi connectivity index (χ1v) is 9.80. The summed E-state index contributed by atoms with van der Waals surface area (Å²) in [5, 5.41) is -0.272. The fraction of sp³-hybridized carbons (Fsp3) is 1.00. The van der Waals surface area contributed by atoms with Crippen molar-refractivity contribution in [2.45, 2.75) is 76.7 Å². The highest BCUT2D eigenvalue weighted by Gasteiger charge is 2.20. The number of rotatable bonds is 11. The van der Waals surface area contributed by atoms with Crippen LogP contribution in [0.4, 0.5) is 0 Å². The lowest BCUT2D eigenvalue weighted by molar-refractivity contribution is 0.458. The van der Waals surface area contributed by atoms with E-state index in [2.05, 4.69) is 0 Å². The molecule has 0 aliphatic rings. The van der Waals surface area contributed by atoms with Crippen molar-refractivity contribution in [2.24, 2.45) is 11.8 Å². The van der Waals surface area contributed by atoms with E-state index in [1.807, 2.05) is 27.7 Å². The zero-order valence-corrected chi connectivity index (χ0v) is 14.7. The van der Waals surface area contributed by atoms with Crippen LogP contribution in [-0.4, -0.2) is 28.0 Å². The first kappa shape index (κ1) is 20.2. The summed E-state index contributed by atoms with van der Waals surface area (Å²) in [4.78, 5) is 0. The Morgan fingerprint density at radius 3 is 1.20 bits per heavy atom. The first-order chi connectivity index (χ1) is 9.27. The molecule has 0 aliphatic carbocycles. The molecule has 0 bridgehead atoms. The topological polar surface area (TPSA) is 74.6 Å². The van der Waals surface area contributed by atoms with Crippen LogP contribution in [-0.2, 0) is 22.2 Å². The van der Waals surface area contributed by atoms with Crippen molar-refractivity contribution in [3.63, 3.8) is 0 Å². The number of hydrogen-bond acceptors (Lipinski definition) is 2. The fourth-order valence-corrected chi connectivity index (χ4v) is 4.05. The SMILES string of the molecule is CC(C)C(CCCCCCC(C(C)C)S(=O)O)S(=O)O. The molecule has 0 saturated heterocycles. The van der Waals surface area contributed by atoms with Crippen LogP contribution in [0.3, 0.4) is 0 Å². The Kier molecular flexibility index (Phi) is 11.0. The second-order valence-corrected chi connectivity index (χ2v) is 8.42. The summed E-state index contributed by atoms with van der Waals surface area (Å²) in [6.07, 6.45) is 5.49. The second-order valence-electron chi connectivity index (χ2n) is 6.11. The van der Waals surface area contributed by atoms with Crippen molar-refractivity contribution in [3.8, 4) is 0 Å². The van der Waals surface area contributed by atoms with Crippen LogP contribution in [0.5, 0.6) is 0 Å². The summed E-state index contributed by atoms with van der Waals surface area (Å²) in [7, 11) is 0. The zero-order valence-electron chi connectivity index (χ0n) is 13.1. The summed E-state index contributed by atoms with van der Waals surface area (Å²) in [5.74, 6) is 0.450. The molecule has 0 spiro atoms. The van der Waals surface area contributed by atoms with Gasteiger partial charge in [-0.2, -0.15) is 0 Å². The smallest absolute Gasteiger partial charge is 0.156 e. The van der Waals surface area contributed by atoms with Gasteiger partial charge in [0.15, 0.2) is 22.2 Å². The van der Waals surface area contributed by atoms with Gasteiger partial charge in [0.1, 0.15) is 0 Å². The fourth-order valence-electron chi connectivity index (χ4n) is 2.38. The van der Waals surface area contributed by atoms with E-state index in [-0.39, 0.29) is 22.3 Å². The molecule has 6 heteroatoms. The maximum atomic E-state index is 11.1. The Labute approximate surface area is 128 Å². The van der Waals surface area contributed by atoms with E-state index in [0.29, 0.717) is 0 Å². The first-order valence-electron chi connectivity index (χ1n) is 7.46. The molecule has 4 unspecified atom stereocenters. The highest BCUT2D eigenvalue weighted by Crippen LogP contribution is 2.19. The van der Waals surface area contributed by atoms with Crippen LogP contribution < -0.4 is 0 Å². The van der Waals surface area contributed by atoms with E-state index in [0.717, 1.165) is 38.5 Å². The van der Waals surface area contributed by atoms with Crippen molar-refractivity contribution >= 4 is 22.2 Å². The summed E-state index contributed by atoms with van der Waals surface area (Å²) >= 11 is -3.47. The standard InChI is InChI=1S/C14H30O4S2/c1-11(2)13(19(15)16)9-7-5-6-8-10-14(12(3)4)20(17)18/h11-14H,5-10H2,1-4H3,(H,15,16)(H,17,18). The maximum Gasteiger partial charge on any atom is 0.156 e.